The van der Waals surface area contributed by atoms with Gasteiger partial charge in [-0.3, -0.25) is 9.78 Å². The highest BCUT2D eigenvalue weighted by atomic mass is 16.1. The summed E-state index contributed by atoms with van der Waals surface area (Å²) in [4.78, 5) is 24.3. The smallest absolute Gasteiger partial charge is 0.252 e. The molecule has 3 aromatic rings. The zero-order chi connectivity index (χ0) is 20.1. The number of likely N-dealkylation sites (tertiary alicyclic amines) is 1. The second kappa shape index (κ2) is 9.14. The summed E-state index contributed by atoms with van der Waals surface area (Å²) in [5.41, 5.74) is 3.25. The molecule has 5 heteroatoms. The average molecular weight is 389 g/mol. The molecule has 2 aromatic heterocycles. The van der Waals surface area contributed by atoms with Crippen molar-refractivity contribution in [1.29, 1.82) is 0 Å². The molecular formula is C24H28N4O. The van der Waals surface area contributed by atoms with Crippen LogP contribution in [0.3, 0.4) is 0 Å². The molecule has 1 atom stereocenters. The van der Waals surface area contributed by atoms with E-state index in [0.29, 0.717) is 18.2 Å². The molecule has 0 radical (unpaired) electrons. The van der Waals surface area contributed by atoms with E-state index < -0.39 is 0 Å². The molecule has 0 bridgehead atoms. The Morgan fingerprint density at radius 2 is 2.00 bits per heavy atom. The Morgan fingerprint density at radius 3 is 2.83 bits per heavy atom. The van der Waals surface area contributed by atoms with E-state index in [1.165, 1.54) is 25.8 Å². The summed E-state index contributed by atoms with van der Waals surface area (Å²) in [6, 6.07) is 14.2. The summed E-state index contributed by atoms with van der Waals surface area (Å²) in [5, 5.41) is 4.00. The second-order valence-electron chi connectivity index (χ2n) is 7.80. The van der Waals surface area contributed by atoms with Gasteiger partial charge in [-0.2, -0.15) is 0 Å². The van der Waals surface area contributed by atoms with Crippen molar-refractivity contribution in [3.63, 3.8) is 0 Å². The highest BCUT2D eigenvalue weighted by molar-refractivity contribution is 6.07. The number of pyridine rings is 2. The number of amides is 1. The molecule has 1 aliphatic heterocycles. The van der Waals surface area contributed by atoms with E-state index in [9.17, 15) is 4.79 Å². The fourth-order valence-electron chi connectivity index (χ4n) is 4.10. The molecule has 1 aromatic carbocycles. The van der Waals surface area contributed by atoms with Gasteiger partial charge in [0.05, 0.1) is 16.8 Å². The van der Waals surface area contributed by atoms with Gasteiger partial charge in [-0.15, -0.1) is 0 Å². The molecule has 1 N–H and O–H groups in total. The van der Waals surface area contributed by atoms with Crippen LogP contribution in [0.1, 0.15) is 43.0 Å². The highest BCUT2D eigenvalue weighted by Gasteiger charge is 2.18. The maximum Gasteiger partial charge on any atom is 0.252 e. The Hall–Kier alpha value is -2.79. The van der Waals surface area contributed by atoms with Gasteiger partial charge in [0.1, 0.15) is 0 Å². The number of piperidine rings is 1. The fourth-order valence-corrected chi connectivity index (χ4v) is 4.10. The lowest BCUT2D eigenvalue weighted by Gasteiger charge is -2.33. The first-order valence-corrected chi connectivity index (χ1v) is 10.5. The molecule has 1 aliphatic rings. The molecule has 150 valence electrons. The molecule has 1 fully saturated rings. The zero-order valence-corrected chi connectivity index (χ0v) is 17.0. The lowest BCUT2D eigenvalue weighted by atomic mass is 10.0. The first-order valence-electron chi connectivity index (χ1n) is 10.5. The van der Waals surface area contributed by atoms with Crippen molar-refractivity contribution < 1.29 is 4.79 Å². The number of fused-ring (bicyclic) bond motifs is 1. The fraction of sp³-hybridized carbons (Fsp3) is 0.375. The summed E-state index contributed by atoms with van der Waals surface area (Å²) in [7, 11) is 0. The number of benzene rings is 1. The third-order valence-electron chi connectivity index (χ3n) is 5.79. The van der Waals surface area contributed by atoms with Gasteiger partial charge < -0.3 is 10.2 Å². The Balaban J connectivity index is 1.48. The van der Waals surface area contributed by atoms with Crippen molar-refractivity contribution >= 4 is 16.8 Å². The number of rotatable bonds is 6. The molecule has 0 aliphatic carbocycles. The van der Waals surface area contributed by atoms with Crippen molar-refractivity contribution in [3.8, 4) is 11.3 Å². The minimum atomic E-state index is -0.0365. The van der Waals surface area contributed by atoms with Crippen molar-refractivity contribution in [2.24, 2.45) is 0 Å². The van der Waals surface area contributed by atoms with E-state index in [1.54, 1.807) is 12.4 Å². The number of carbonyl (C=O) groups excluding carboxylic acids is 1. The third kappa shape index (κ3) is 4.62. The van der Waals surface area contributed by atoms with E-state index >= 15 is 0 Å². The molecule has 29 heavy (non-hydrogen) atoms. The number of nitrogens with one attached hydrogen (secondary N) is 1. The van der Waals surface area contributed by atoms with Crippen LogP contribution in [0.15, 0.2) is 54.9 Å². The van der Waals surface area contributed by atoms with Crippen LogP contribution in [0, 0.1) is 0 Å². The van der Waals surface area contributed by atoms with Gasteiger partial charge in [0.15, 0.2) is 0 Å². The minimum absolute atomic E-state index is 0.0365. The molecule has 5 nitrogen and oxygen atoms in total. The van der Waals surface area contributed by atoms with E-state index in [1.807, 2.05) is 42.5 Å². The quantitative estimate of drug-likeness (QED) is 0.640. The molecule has 4 rings (SSSR count). The maximum atomic E-state index is 13.0. The van der Waals surface area contributed by atoms with Crippen LogP contribution in [0.4, 0.5) is 0 Å². The third-order valence-corrected chi connectivity index (χ3v) is 5.79. The summed E-state index contributed by atoms with van der Waals surface area (Å²) in [5.74, 6) is -0.0365. The summed E-state index contributed by atoms with van der Waals surface area (Å²) in [6.07, 6.45) is 8.37. The average Bonchev–Trinajstić information content (AvgIpc) is 2.77. The Kier molecular flexibility index (Phi) is 6.15. The van der Waals surface area contributed by atoms with Gasteiger partial charge in [-0.05, 0) is 57.0 Å². The largest absolute Gasteiger partial charge is 0.352 e. The standard InChI is InChI=1S/C24H28N4O/c1-18-7-4-5-15-28(18)16-6-12-26-24(29)21-17-23(19-10-13-25-14-11-19)27-22-9-3-2-8-20(21)22/h2-3,8-11,13-14,17-18H,4-7,12,15-16H2,1H3,(H,26,29). The summed E-state index contributed by atoms with van der Waals surface area (Å²) < 4.78 is 0. The van der Waals surface area contributed by atoms with Crippen LogP contribution in [0.5, 0.6) is 0 Å². The van der Waals surface area contributed by atoms with Gasteiger partial charge in [0.25, 0.3) is 5.91 Å². The maximum absolute atomic E-state index is 13.0. The van der Waals surface area contributed by atoms with E-state index in [2.05, 4.69) is 22.1 Å². The Morgan fingerprint density at radius 1 is 1.17 bits per heavy atom. The summed E-state index contributed by atoms with van der Waals surface area (Å²) >= 11 is 0. The monoisotopic (exact) mass is 388 g/mol. The van der Waals surface area contributed by atoms with Crippen molar-refractivity contribution in [3.05, 3.63) is 60.4 Å². The Bertz CT molecular complexity index is 973. The van der Waals surface area contributed by atoms with Gasteiger partial charge >= 0.3 is 0 Å². The molecule has 3 heterocycles. The predicted octanol–water partition coefficient (Wildman–Crippen LogP) is 4.29. The molecule has 0 saturated carbocycles. The lowest BCUT2D eigenvalue weighted by molar-refractivity contribution is 0.0950. The molecule has 0 spiro atoms. The van der Waals surface area contributed by atoms with E-state index in [4.69, 9.17) is 4.98 Å². The molecule has 1 unspecified atom stereocenters. The van der Waals surface area contributed by atoms with Crippen LogP contribution >= 0.6 is 0 Å². The number of hydrogen-bond acceptors (Lipinski definition) is 4. The van der Waals surface area contributed by atoms with Crippen LogP contribution in [-0.4, -0.2) is 46.5 Å². The number of aromatic nitrogens is 2. The zero-order valence-electron chi connectivity index (χ0n) is 17.0. The first kappa shape index (κ1) is 19.5. The number of para-hydroxylation sites is 1. The van der Waals surface area contributed by atoms with E-state index in [-0.39, 0.29) is 5.91 Å². The van der Waals surface area contributed by atoms with Crippen LogP contribution < -0.4 is 5.32 Å². The van der Waals surface area contributed by atoms with E-state index in [0.717, 1.165) is 35.1 Å². The van der Waals surface area contributed by atoms with Gasteiger partial charge in [-0.25, -0.2) is 4.98 Å². The van der Waals surface area contributed by atoms with Crippen molar-refractivity contribution in [1.82, 2.24) is 20.2 Å². The molecule has 1 amide bonds. The molecular weight excluding hydrogens is 360 g/mol. The van der Waals surface area contributed by atoms with Crippen LogP contribution in [-0.2, 0) is 0 Å². The van der Waals surface area contributed by atoms with Gasteiger partial charge in [0, 0.05) is 42.5 Å². The van der Waals surface area contributed by atoms with Gasteiger partial charge in [0.2, 0.25) is 0 Å². The predicted molar refractivity (Wildman–Crippen MR) is 117 cm³/mol. The Labute approximate surface area is 172 Å². The normalized spacial score (nSPS) is 17.3. The van der Waals surface area contributed by atoms with Crippen LogP contribution in [0.2, 0.25) is 0 Å². The van der Waals surface area contributed by atoms with Crippen LogP contribution in [0.25, 0.3) is 22.2 Å². The molecule has 1 saturated heterocycles. The van der Waals surface area contributed by atoms with Crippen molar-refractivity contribution in [2.45, 2.75) is 38.6 Å². The van der Waals surface area contributed by atoms with Gasteiger partial charge in [-0.1, -0.05) is 24.6 Å². The highest BCUT2D eigenvalue weighted by Crippen LogP contribution is 2.24. The minimum Gasteiger partial charge on any atom is -0.352 e. The number of carbonyl (C=O) groups is 1. The number of hydrogen-bond donors (Lipinski definition) is 1. The topological polar surface area (TPSA) is 58.1 Å². The summed E-state index contributed by atoms with van der Waals surface area (Å²) in [6.45, 7) is 5.21. The number of nitrogens with zero attached hydrogens (tertiary/aromatic N) is 3. The second-order valence-corrected chi connectivity index (χ2v) is 7.80. The first-order chi connectivity index (χ1) is 14.2. The van der Waals surface area contributed by atoms with Crippen molar-refractivity contribution in [2.75, 3.05) is 19.6 Å². The SMILES string of the molecule is CC1CCCCN1CCCNC(=O)c1cc(-c2ccncc2)nc2ccccc12. The lowest BCUT2D eigenvalue weighted by Crippen LogP contribution is -2.39.